The van der Waals surface area contributed by atoms with Crippen LogP contribution >= 0.6 is 11.6 Å². The van der Waals surface area contributed by atoms with Crippen LogP contribution in [0.2, 0.25) is 5.28 Å². The number of rotatable bonds is 3. The molecule has 2 aromatic heterocycles. The van der Waals surface area contributed by atoms with Crippen LogP contribution in [0, 0.1) is 0 Å². The predicted molar refractivity (Wildman–Crippen MR) is 65.2 cm³/mol. The largest absolute Gasteiger partial charge is 0.405 e. The van der Waals surface area contributed by atoms with Gasteiger partial charge in [-0.1, -0.05) is 0 Å². The number of hydrogen-bond donors (Lipinski definition) is 1. The number of hydrogen-bond acceptors (Lipinski definition) is 4. The molecule has 1 N–H and O–H groups in total. The van der Waals surface area contributed by atoms with Gasteiger partial charge in [0.2, 0.25) is 5.28 Å². The topological polar surface area (TPSA) is 57.7 Å². The number of halogens is 4. The molecule has 0 bridgehead atoms. The van der Waals surface area contributed by atoms with Gasteiger partial charge in [0.1, 0.15) is 12.1 Å². The van der Waals surface area contributed by atoms with E-state index in [0.717, 1.165) is 4.90 Å². The van der Waals surface area contributed by atoms with Crippen molar-refractivity contribution in [1.82, 2.24) is 19.9 Å². The number of fused-ring (bicyclic) bond motifs is 1. The van der Waals surface area contributed by atoms with E-state index in [1.807, 2.05) is 0 Å². The lowest BCUT2D eigenvalue weighted by Gasteiger charge is -2.28. The Hall–Kier alpha value is -1.57. The maximum Gasteiger partial charge on any atom is 0.405 e. The summed E-state index contributed by atoms with van der Waals surface area (Å²) in [7, 11) is 0. The SMILES string of the molecule is CC(C)N(CC(F)(F)F)c1nc(Cl)nc2nc[nH]c12. The van der Waals surface area contributed by atoms with Crippen molar-refractivity contribution in [3.05, 3.63) is 11.6 Å². The van der Waals surface area contributed by atoms with Crippen LogP contribution < -0.4 is 4.90 Å². The summed E-state index contributed by atoms with van der Waals surface area (Å²) in [6, 6.07) is -0.404. The van der Waals surface area contributed by atoms with Gasteiger partial charge in [-0.25, -0.2) is 4.98 Å². The quantitative estimate of drug-likeness (QED) is 0.884. The number of imidazole rings is 1. The number of nitrogens with one attached hydrogen (secondary N) is 1. The molecule has 0 saturated carbocycles. The second-order valence-corrected chi connectivity index (χ2v) is 4.59. The lowest BCUT2D eigenvalue weighted by Crippen LogP contribution is -2.39. The molecule has 0 fully saturated rings. The van der Waals surface area contributed by atoms with Crippen LogP contribution in [-0.4, -0.2) is 38.7 Å². The Morgan fingerprint density at radius 3 is 2.63 bits per heavy atom. The highest BCUT2D eigenvalue weighted by Crippen LogP contribution is 2.27. The van der Waals surface area contributed by atoms with Crippen LogP contribution in [-0.2, 0) is 0 Å². The van der Waals surface area contributed by atoms with Crippen molar-refractivity contribution < 1.29 is 13.2 Å². The second kappa shape index (κ2) is 4.84. The minimum absolute atomic E-state index is 0.0971. The van der Waals surface area contributed by atoms with Crippen molar-refractivity contribution in [3.63, 3.8) is 0 Å². The van der Waals surface area contributed by atoms with Gasteiger partial charge in [-0.05, 0) is 25.4 Å². The van der Waals surface area contributed by atoms with Crippen LogP contribution in [0.25, 0.3) is 11.2 Å². The van der Waals surface area contributed by atoms with Crippen LogP contribution in [0.15, 0.2) is 6.33 Å². The molecule has 0 aliphatic carbocycles. The van der Waals surface area contributed by atoms with Gasteiger partial charge in [0.25, 0.3) is 0 Å². The van der Waals surface area contributed by atoms with Crippen molar-refractivity contribution in [2.45, 2.75) is 26.1 Å². The fourth-order valence-corrected chi connectivity index (χ4v) is 1.86. The van der Waals surface area contributed by atoms with E-state index in [0.29, 0.717) is 5.52 Å². The van der Waals surface area contributed by atoms with Gasteiger partial charge in [-0.15, -0.1) is 0 Å². The molecule has 0 aliphatic heterocycles. The first kappa shape index (κ1) is 13.9. The van der Waals surface area contributed by atoms with E-state index in [1.165, 1.54) is 6.33 Å². The molecule has 0 atom stereocenters. The fraction of sp³-hybridized carbons (Fsp3) is 0.500. The fourth-order valence-electron chi connectivity index (χ4n) is 1.70. The zero-order valence-electron chi connectivity index (χ0n) is 10.2. The van der Waals surface area contributed by atoms with E-state index >= 15 is 0 Å². The van der Waals surface area contributed by atoms with E-state index in [2.05, 4.69) is 19.9 Å². The summed E-state index contributed by atoms with van der Waals surface area (Å²) in [4.78, 5) is 15.4. The number of nitrogens with zero attached hydrogens (tertiary/aromatic N) is 4. The Morgan fingerprint density at radius 1 is 1.37 bits per heavy atom. The summed E-state index contributed by atoms with van der Waals surface area (Å²) in [5, 5.41) is -0.137. The summed E-state index contributed by atoms with van der Waals surface area (Å²) in [5.74, 6) is 0.0971. The summed E-state index contributed by atoms with van der Waals surface area (Å²) >= 11 is 5.72. The lowest BCUT2D eigenvalue weighted by atomic mass is 10.3. The van der Waals surface area contributed by atoms with Gasteiger partial charge in [0.05, 0.1) is 6.33 Å². The zero-order valence-corrected chi connectivity index (χ0v) is 10.9. The van der Waals surface area contributed by atoms with Crippen LogP contribution in [0.4, 0.5) is 19.0 Å². The first-order valence-corrected chi connectivity index (χ1v) is 5.86. The molecule has 104 valence electrons. The molecule has 0 aromatic carbocycles. The second-order valence-electron chi connectivity index (χ2n) is 4.25. The molecular weight excluding hydrogens is 283 g/mol. The minimum Gasteiger partial charge on any atom is -0.343 e. The number of aromatic nitrogens is 4. The van der Waals surface area contributed by atoms with Crippen LogP contribution in [0.5, 0.6) is 0 Å². The van der Waals surface area contributed by atoms with Gasteiger partial charge in [0.15, 0.2) is 11.5 Å². The Bertz CT molecular complexity index is 580. The van der Waals surface area contributed by atoms with Crippen molar-refractivity contribution in [2.24, 2.45) is 0 Å². The average molecular weight is 294 g/mol. The maximum absolute atomic E-state index is 12.6. The van der Waals surface area contributed by atoms with Crippen LogP contribution in [0.1, 0.15) is 13.8 Å². The Labute approximate surface area is 111 Å². The molecule has 0 spiro atoms. The minimum atomic E-state index is -4.34. The molecule has 0 aliphatic rings. The zero-order chi connectivity index (χ0) is 14.2. The van der Waals surface area contributed by atoms with E-state index in [-0.39, 0.29) is 16.7 Å². The van der Waals surface area contributed by atoms with Crippen molar-refractivity contribution >= 4 is 28.6 Å². The molecule has 2 aromatic rings. The normalized spacial score (nSPS) is 12.4. The molecule has 0 saturated heterocycles. The first-order chi connectivity index (χ1) is 8.78. The van der Waals surface area contributed by atoms with E-state index in [1.54, 1.807) is 13.8 Å². The van der Waals surface area contributed by atoms with E-state index in [4.69, 9.17) is 11.6 Å². The summed E-state index contributed by atoms with van der Waals surface area (Å²) in [6.45, 7) is 2.17. The Kier molecular flexibility index (Phi) is 3.53. The summed E-state index contributed by atoms with van der Waals surface area (Å²) in [5.41, 5.74) is 0.574. The van der Waals surface area contributed by atoms with Gasteiger partial charge < -0.3 is 9.88 Å². The highest BCUT2D eigenvalue weighted by molar-refractivity contribution is 6.28. The highest BCUT2D eigenvalue weighted by Gasteiger charge is 2.33. The first-order valence-electron chi connectivity index (χ1n) is 5.48. The molecule has 9 heteroatoms. The molecule has 2 rings (SSSR count). The maximum atomic E-state index is 12.6. The van der Waals surface area contributed by atoms with Gasteiger partial charge in [-0.2, -0.15) is 23.1 Å². The lowest BCUT2D eigenvalue weighted by molar-refractivity contribution is -0.120. The van der Waals surface area contributed by atoms with Crippen molar-refractivity contribution in [3.8, 4) is 0 Å². The predicted octanol–water partition coefficient (Wildman–Crippen LogP) is 2.78. The molecular formula is C10H11ClF3N5. The number of H-pyrrole nitrogens is 1. The van der Waals surface area contributed by atoms with E-state index < -0.39 is 18.8 Å². The molecule has 0 unspecified atom stereocenters. The number of aromatic amines is 1. The average Bonchev–Trinajstić information content (AvgIpc) is 2.71. The number of alkyl halides is 3. The van der Waals surface area contributed by atoms with E-state index in [9.17, 15) is 13.2 Å². The molecule has 0 radical (unpaired) electrons. The number of anilines is 1. The summed E-state index contributed by atoms with van der Waals surface area (Å²) in [6.07, 6.45) is -3.00. The molecule has 2 heterocycles. The third-order valence-electron chi connectivity index (χ3n) is 2.48. The monoisotopic (exact) mass is 293 g/mol. The standard InChI is InChI=1S/C10H11ClF3N5/c1-5(2)19(3-10(12,13)14)8-6-7(16-4-15-6)17-9(11)18-8/h4-5H,3H2,1-2H3,(H,15,16,17,18). The molecule has 5 nitrogen and oxygen atoms in total. The van der Waals surface area contributed by atoms with Crippen molar-refractivity contribution in [2.75, 3.05) is 11.4 Å². The van der Waals surface area contributed by atoms with Gasteiger partial charge >= 0.3 is 6.18 Å². The summed E-state index contributed by atoms with van der Waals surface area (Å²) < 4.78 is 37.9. The molecule has 19 heavy (non-hydrogen) atoms. The van der Waals surface area contributed by atoms with Crippen molar-refractivity contribution in [1.29, 1.82) is 0 Å². The third-order valence-corrected chi connectivity index (χ3v) is 2.65. The third kappa shape index (κ3) is 3.06. The highest BCUT2D eigenvalue weighted by atomic mass is 35.5. The smallest absolute Gasteiger partial charge is 0.343 e. The van der Waals surface area contributed by atoms with Gasteiger partial charge in [0, 0.05) is 6.04 Å². The van der Waals surface area contributed by atoms with Gasteiger partial charge in [-0.3, -0.25) is 0 Å². The Morgan fingerprint density at radius 2 is 2.05 bits per heavy atom. The Balaban J connectivity index is 2.52. The van der Waals surface area contributed by atoms with Crippen LogP contribution in [0.3, 0.4) is 0 Å². The molecule has 0 amide bonds.